The van der Waals surface area contributed by atoms with Crippen molar-refractivity contribution in [2.45, 2.75) is 78.7 Å². The van der Waals surface area contributed by atoms with Crippen LogP contribution in [0.2, 0.25) is 0 Å². The van der Waals surface area contributed by atoms with Crippen molar-refractivity contribution in [3.05, 3.63) is 56.1 Å². The van der Waals surface area contributed by atoms with E-state index < -0.39 is 0 Å². The molecule has 0 bridgehead atoms. The van der Waals surface area contributed by atoms with Crippen LogP contribution in [0.25, 0.3) is 11.6 Å². The summed E-state index contributed by atoms with van der Waals surface area (Å²) in [6.45, 7) is 15.1. The minimum atomic E-state index is 0.372. The number of hydrogen-bond acceptors (Lipinski definition) is 6. The van der Waals surface area contributed by atoms with Crippen LogP contribution < -0.4 is 10.2 Å². The molecular formula is C34H48IN5O. The zero-order valence-electron chi connectivity index (χ0n) is 25.7. The SMILES string of the molecule is CCc1nc(C=C(C)C)c(/C(=C\I)c2ccc(N3CCC4(CCN(C)CC4)CC3)c(C)c2)nc1NC1CCOCC1. The Hall–Kier alpha value is -1.97. The van der Waals surface area contributed by atoms with Gasteiger partial charge in [-0.2, -0.15) is 0 Å². The summed E-state index contributed by atoms with van der Waals surface area (Å²) in [5, 5.41) is 3.73. The molecule has 4 heterocycles. The third-order valence-electron chi connectivity index (χ3n) is 9.40. The van der Waals surface area contributed by atoms with Gasteiger partial charge in [-0.05, 0) is 125 Å². The number of halogens is 1. The van der Waals surface area contributed by atoms with Crippen LogP contribution in [0, 0.1) is 12.3 Å². The molecule has 1 spiro atoms. The van der Waals surface area contributed by atoms with E-state index in [1.54, 1.807) is 0 Å². The standard InChI is InChI=1S/C34H48IN5O/c1-6-29-33(36-27-9-19-41-20-10-27)38-32(30(37-29)21-24(2)3)28(23-35)26-7-8-31(25(4)22-26)40-17-13-34(14-18-40)11-15-39(5)16-12-34/h7-8,21-23,27H,6,9-20H2,1-5H3,(H,36,38)/b28-23-. The van der Waals surface area contributed by atoms with Crippen molar-refractivity contribution in [1.82, 2.24) is 14.9 Å². The second-order valence-electron chi connectivity index (χ2n) is 12.7. The summed E-state index contributed by atoms with van der Waals surface area (Å²) in [7, 11) is 2.27. The molecule has 1 N–H and O–H groups in total. The maximum Gasteiger partial charge on any atom is 0.148 e. The number of nitrogens with one attached hydrogen (secondary N) is 1. The predicted octanol–water partition coefficient (Wildman–Crippen LogP) is 7.50. The third kappa shape index (κ3) is 7.16. The average Bonchev–Trinajstić information content (AvgIpc) is 2.97. The van der Waals surface area contributed by atoms with Crippen molar-refractivity contribution < 1.29 is 4.74 Å². The molecule has 0 radical (unpaired) electrons. The van der Waals surface area contributed by atoms with Gasteiger partial charge in [-0.25, -0.2) is 9.97 Å². The van der Waals surface area contributed by atoms with Gasteiger partial charge in [0.1, 0.15) is 5.82 Å². The summed E-state index contributed by atoms with van der Waals surface area (Å²) in [5.74, 6) is 0.917. The molecule has 5 rings (SSSR count). The first-order valence-corrected chi connectivity index (χ1v) is 16.8. The zero-order chi connectivity index (χ0) is 29.0. The maximum atomic E-state index is 5.59. The van der Waals surface area contributed by atoms with E-state index >= 15 is 0 Å². The fourth-order valence-electron chi connectivity index (χ4n) is 6.70. The Bertz CT molecular complexity index is 1260. The summed E-state index contributed by atoms with van der Waals surface area (Å²) in [6, 6.07) is 7.36. The quantitative estimate of drug-likeness (QED) is 0.309. The van der Waals surface area contributed by atoms with Gasteiger partial charge in [0, 0.05) is 43.6 Å². The molecule has 0 unspecified atom stereocenters. The normalized spacial score (nSPS) is 20.3. The lowest BCUT2D eigenvalue weighted by Crippen LogP contribution is -2.46. The molecular weight excluding hydrogens is 621 g/mol. The number of ether oxygens (including phenoxy) is 1. The van der Waals surface area contributed by atoms with Gasteiger partial charge in [-0.3, -0.25) is 0 Å². The highest BCUT2D eigenvalue weighted by atomic mass is 127. The largest absolute Gasteiger partial charge is 0.381 e. The number of hydrogen-bond donors (Lipinski definition) is 1. The van der Waals surface area contributed by atoms with Crippen molar-refractivity contribution in [3.63, 3.8) is 0 Å². The van der Waals surface area contributed by atoms with Gasteiger partial charge in [0.25, 0.3) is 0 Å². The molecule has 0 atom stereocenters. The smallest absolute Gasteiger partial charge is 0.148 e. The molecule has 1 aromatic heterocycles. The first-order chi connectivity index (χ1) is 19.8. The molecule has 1 aromatic carbocycles. The van der Waals surface area contributed by atoms with E-state index in [9.17, 15) is 0 Å². The summed E-state index contributed by atoms with van der Waals surface area (Å²) in [6.07, 6.45) is 10.4. The second-order valence-corrected chi connectivity index (χ2v) is 13.3. The summed E-state index contributed by atoms with van der Waals surface area (Å²) in [4.78, 5) is 15.6. The Labute approximate surface area is 261 Å². The maximum absolute atomic E-state index is 5.59. The molecule has 6 nitrogen and oxygen atoms in total. The van der Waals surface area contributed by atoms with Crippen molar-refractivity contribution >= 4 is 45.7 Å². The van der Waals surface area contributed by atoms with E-state index in [1.165, 1.54) is 61.2 Å². The number of aryl methyl sites for hydroxylation is 2. The minimum absolute atomic E-state index is 0.372. The molecule has 3 fully saturated rings. The number of piperidine rings is 2. The van der Waals surface area contributed by atoms with Gasteiger partial charge in [0.15, 0.2) is 0 Å². The van der Waals surface area contributed by atoms with Crippen LogP contribution in [0.15, 0.2) is 27.9 Å². The van der Waals surface area contributed by atoms with E-state index in [4.69, 9.17) is 14.7 Å². The highest BCUT2D eigenvalue weighted by molar-refractivity contribution is 14.1. The number of nitrogens with zero attached hydrogens (tertiary/aromatic N) is 4. The topological polar surface area (TPSA) is 53.5 Å². The van der Waals surface area contributed by atoms with Crippen LogP contribution in [0.5, 0.6) is 0 Å². The van der Waals surface area contributed by atoms with Gasteiger partial charge in [-0.1, -0.05) is 41.2 Å². The van der Waals surface area contributed by atoms with Crippen LogP contribution in [-0.2, 0) is 11.2 Å². The third-order valence-corrected chi connectivity index (χ3v) is 10.0. The molecule has 222 valence electrons. The zero-order valence-corrected chi connectivity index (χ0v) is 27.9. The molecule has 2 aromatic rings. The van der Waals surface area contributed by atoms with Gasteiger partial charge in [-0.15, -0.1) is 0 Å². The van der Waals surface area contributed by atoms with Crippen LogP contribution in [0.4, 0.5) is 11.5 Å². The van der Waals surface area contributed by atoms with Gasteiger partial charge in [0.05, 0.1) is 17.1 Å². The summed E-state index contributed by atoms with van der Waals surface area (Å²) >= 11 is 2.38. The fraction of sp³-hybridized carbons (Fsp3) is 0.588. The summed E-state index contributed by atoms with van der Waals surface area (Å²) in [5.41, 5.74) is 9.74. The first-order valence-electron chi connectivity index (χ1n) is 15.6. The molecule has 41 heavy (non-hydrogen) atoms. The van der Waals surface area contributed by atoms with E-state index in [0.717, 1.165) is 74.0 Å². The van der Waals surface area contributed by atoms with Crippen LogP contribution >= 0.6 is 22.6 Å². The lowest BCUT2D eigenvalue weighted by atomic mass is 9.71. The van der Waals surface area contributed by atoms with E-state index in [1.807, 2.05) is 0 Å². The Morgan fingerprint density at radius 2 is 1.76 bits per heavy atom. The highest BCUT2D eigenvalue weighted by Crippen LogP contribution is 2.42. The predicted molar refractivity (Wildman–Crippen MR) is 181 cm³/mol. The lowest BCUT2D eigenvalue weighted by Gasteiger charge is -2.47. The highest BCUT2D eigenvalue weighted by Gasteiger charge is 2.37. The fourth-order valence-corrected chi connectivity index (χ4v) is 7.35. The monoisotopic (exact) mass is 669 g/mol. The number of anilines is 2. The molecule has 3 aliphatic rings. The van der Waals surface area contributed by atoms with Crippen molar-refractivity contribution in [3.8, 4) is 0 Å². The number of allylic oxidation sites excluding steroid dienone is 1. The van der Waals surface area contributed by atoms with E-state index in [2.05, 4.69) is 101 Å². The number of rotatable bonds is 7. The van der Waals surface area contributed by atoms with Crippen molar-refractivity contribution in [1.29, 1.82) is 0 Å². The minimum Gasteiger partial charge on any atom is -0.381 e. The van der Waals surface area contributed by atoms with Crippen LogP contribution in [-0.4, -0.2) is 67.4 Å². The second kappa shape index (κ2) is 13.6. The van der Waals surface area contributed by atoms with Gasteiger partial charge < -0.3 is 19.9 Å². The first kappa shape index (κ1) is 30.5. The van der Waals surface area contributed by atoms with Crippen molar-refractivity contribution in [2.24, 2.45) is 5.41 Å². The van der Waals surface area contributed by atoms with Gasteiger partial charge in [0.2, 0.25) is 0 Å². The van der Waals surface area contributed by atoms with Crippen LogP contribution in [0.3, 0.4) is 0 Å². The molecule has 0 amide bonds. The molecule has 3 saturated heterocycles. The number of aromatic nitrogens is 2. The summed E-state index contributed by atoms with van der Waals surface area (Å²) < 4.78 is 7.77. The molecule has 7 heteroatoms. The Morgan fingerprint density at radius 1 is 1.07 bits per heavy atom. The lowest BCUT2D eigenvalue weighted by molar-refractivity contribution is 0.0903. The number of likely N-dealkylation sites (tertiary alicyclic amines) is 1. The van der Waals surface area contributed by atoms with Crippen molar-refractivity contribution in [2.75, 3.05) is 56.7 Å². The molecule has 0 saturated carbocycles. The van der Waals surface area contributed by atoms with E-state index in [0.29, 0.717) is 11.5 Å². The van der Waals surface area contributed by atoms with Gasteiger partial charge >= 0.3 is 0 Å². The average molecular weight is 670 g/mol. The Morgan fingerprint density at radius 3 is 2.37 bits per heavy atom. The van der Waals surface area contributed by atoms with Crippen LogP contribution in [0.1, 0.15) is 87.5 Å². The molecule has 3 aliphatic heterocycles. The molecule has 0 aliphatic carbocycles. The Balaban J connectivity index is 1.41. The number of benzene rings is 1. The Kier molecular flexibility index (Phi) is 10.1. The van der Waals surface area contributed by atoms with E-state index in [-0.39, 0.29) is 0 Å².